The number of hydrogen-bond acceptors (Lipinski definition) is 3. The highest BCUT2D eigenvalue weighted by Crippen LogP contribution is 2.47. The van der Waals surface area contributed by atoms with Gasteiger partial charge in [0.05, 0.1) is 18.7 Å². The van der Waals surface area contributed by atoms with Crippen LogP contribution in [0.4, 0.5) is 0 Å². The Bertz CT molecular complexity index is 483. The van der Waals surface area contributed by atoms with E-state index in [1.165, 1.54) is 6.42 Å². The quantitative estimate of drug-likeness (QED) is 0.903. The van der Waals surface area contributed by atoms with Crippen molar-refractivity contribution in [2.45, 2.75) is 44.6 Å². The number of β-amino-alcohol motifs (C(OH)–C–C–N with tert-alkyl or cyclic N) is 1. The van der Waals surface area contributed by atoms with Crippen molar-refractivity contribution in [3.63, 3.8) is 0 Å². The normalized spacial score (nSPS) is 28.1. The maximum Gasteiger partial charge on any atom is 0.223 e. The first-order valence-corrected chi connectivity index (χ1v) is 7.03. The zero-order valence-electron chi connectivity index (χ0n) is 11.6. The van der Waals surface area contributed by atoms with Gasteiger partial charge in [0.15, 0.2) is 0 Å². The van der Waals surface area contributed by atoms with E-state index in [9.17, 15) is 9.90 Å². The van der Waals surface area contributed by atoms with Crippen molar-refractivity contribution in [2.75, 3.05) is 13.1 Å². The molecule has 1 N–H and O–H groups in total. The van der Waals surface area contributed by atoms with Gasteiger partial charge < -0.3 is 14.4 Å². The van der Waals surface area contributed by atoms with Gasteiger partial charge in [-0.05, 0) is 31.4 Å². The molecule has 4 heteroatoms. The summed E-state index contributed by atoms with van der Waals surface area (Å²) in [6, 6.07) is 4.03. The van der Waals surface area contributed by atoms with E-state index in [4.69, 9.17) is 4.42 Å². The molecule has 0 radical (unpaired) electrons. The molecule has 1 saturated carbocycles. The van der Waals surface area contributed by atoms with Gasteiger partial charge in [-0.15, -0.1) is 0 Å². The van der Waals surface area contributed by atoms with Gasteiger partial charge in [0.25, 0.3) is 0 Å². The highest BCUT2D eigenvalue weighted by Gasteiger charge is 2.39. The van der Waals surface area contributed by atoms with Crippen molar-refractivity contribution in [3.8, 4) is 0 Å². The van der Waals surface area contributed by atoms with Gasteiger partial charge in [0, 0.05) is 18.8 Å². The second-order valence-electron chi connectivity index (χ2n) is 6.37. The zero-order valence-corrected chi connectivity index (χ0v) is 11.6. The average Bonchev–Trinajstić information content (AvgIpc) is 2.87. The van der Waals surface area contributed by atoms with Crippen LogP contribution in [-0.4, -0.2) is 34.6 Å². The minimum Gasteiger partial charge on any atom is -0.466 e. The number of rotatable bonds is 4. The van der Waals surface area contributed by atoms with Gasteiger partial charge in [0.1, 0.15) is 11.5 Å². The molecule has 4 nitrogen and oxygen atoms in total. The number of amides is 1. The van der Waals surface area contributed by atoms with Crippen molar-refractivity contribution in [3.05, 3.63) is 23.7 Å². The van der Waals surface area contributed by atoms with Crippen molar-refractivity contribution in [1.29, 1.82) is 0 Å². The molecule has 2 atom stereocenters. The molecule has 3 rings (SSSR count). The Balaban J connectivity index is 1.47. The van der Waals surface area contributed by atoms with Crippen molar-refractivity contribution in [2.24, 2.45) is 5.92 Å². The van der Waals surface area contributed by atoms with E-state index in [0.717, 1.165) is 17.4 Å². The third kappa shape index (κ3) is 2.68. The predicted octanol–water partition coefficient (Wildman–Crippen LogP) is 1.93. The molecule has 2 aliphatic rings. The standard InChI is InChI=1S/C15H21NO3/c1-10-7-12(10)13-5-3-11(19-13)4-6-14(17)16-8-15(2,18)9-16/h3,5,10,12,18H,4,6-9H2,1-2H3. The highest BCUT2D eigenvalue weighted by molar-refractivity contribution is 5.77. The first-order valence-electron chi connectivity index (χ1n) is 7.03. The largest absolute Gasteiger partial charge is 0.466 e. The Morgan fingerprint density at radius 2 is 2.21 bits per heavy atom. The smallest absolute Gasteiger partial charge is 0.223 e. The lowest BCUT2D eigenvalue weighted by Crippen LogP contribution is -2.61. The summed E-state index contributed by atoms with van der Waals surface area (Å²) in [7, 11) is 0. The summed E-state index contributed by atoms with van der Waals surface area (Å²) >= 11 is 0. The first-order chi connectivity index (χ1) is 8.94. The van der Waals surface area contributed by atoms with E-state index in [2.05, 4.69) is 6.92 Å². The molecule has 0 spiro atoms. The summed E-state index contributed by atoms with van der Waals surface area (Å²) in [5.74, 6) is 3.40. The molecule has 1 aliphatic carbocycles. The Morgan fingerprint density at radius 1 is 1.53 bits per heavy atom. The highest BCUT2D eigenvalue weighted by atomic mass is 16.3. The fourth-order valence-electron chi connectivity index (χ4n) is 2.79. The molecule has 0 aromatic carbocycles. The monoisotopic (exact) mass is 263 g/mol. The Morgan fingerprint density at radius 3 is 2.79 bits per heavy atom. The van der Waals surface area contributed by atoms with Crippen LogP contribution < -0.4 is 0 Å². The van der Waals surface area contributed by atoms with Gasteiger partial charge in [-0.25, -0.2) is 0 Å². The van der Waals surface area contributed by atoms with Crippen LogP contribution in [-0.2, 0) is 11.2 Å². The molecule has 19 heavy (non-hydrogen) atoms. The summed E-state index contributed by atoms with van der Waals surface area (Å²) in [4.78, 5) is 13.6. The van der Waals surface area contributed by atoms with Crippen molar-refractivity contribution < 1.29 is 14.3 Å². The van der Waals surface area contributed by atoms with Crippen LogP contribution in [0.15, 0.2) is 16.5 Å². The average molecular weight is 263 g/mol. The van der Waals surface area contributed by atoms with Gasteiger partial charge in [-0.3, -0.25) is 4.79 Å². The number of carbonyl (C=O) groups excluding carboxylic acids is 1. The van der Waals surface area contributed by atoms with E-state index in [-0.39, 0.29) is 5.91 Å². The topological polar surface area (TPSA) is 53.7 Å². The van der Waals surface area contributed by atoms with E-state index in [1.807, 2.05) is 12.1 Å². The third-order valence-electron chi connectivity index (χ3n) is 4.16. The number of aryl methyl sites for hydroxylation is 1. The number of likely N-dealkylation sites (tertiary alicyclic amines) is 1. The molecule has 104 valence electrons. The lowest BCUT2D eigenvalue weighted by molar-refractivity contribution is -0.152. The fourth-order valence-corrected chi connectivity index (χ4v) is 2.79. The van der Waals surface area contributed by atoms with Crippen LogP contribution in [0.1, 0.15) is 44.1 Å². The van der Waals surface area contributed by atoms with Crippen molar-refractivity contribution in [1.82, 2.24) is 4.90 Å². The molecular weight excluding hydrogens is 242 g/mol. The van der Waals surface area contributed by atoms with Gasteiger partial charge in [-0.2, -0.15) is 0 Å². The Hall–Kier alpha value is -1.29. The number of aliphatic hydroxyl groups is 1. The molecule has 2 unspecified atom stereocenters. The molecule has 2 heterocycles. The summed E-state index contributed by atoms with van der Waals surface area (Å²) in [5.41, 5.74) is -0.685. The number of hydrogen-bond donors (Lipinski definition) is 1. The molecule has 1 amide bonds. The summed E-state index contributed by atoms with van der Waals surface area (Å²) < 4.78 is 5.78. The second kappa shape index (κ2) is 4.37. The number of carbonyl (C=O) groups is 1. The minimum absolute atomic E-state index is 0.101. The molecular formula is C15H21NO3. The molecule has 1 aromatic rings. The van der Waals surface area contributed by atoms with Crippen LogP contribution in [0.2, 0.25) is 0 Å². The van der Waals surface area contributed by atoms with Crippen molar-refractivity contribution >= 4 is 5.91 Å². The van der Waals surface area contributed by atoms with E-state index >= 15 is 0 Å². The van der Waals surface area contributed by atoms with Crippen LogP contribution in [0.3, 0.4) is 0 Å². The maximum atomic E-state index is 11.9. The maximum absolute atomic E-state index is 11.9. The second-order valence-corrected chi connectivity index (χ2v) is 6.37. The van der Waals surface area contributed by atoms with Gasteiger partial charge >= 0.3 is 0 Å². The summed E-state index contributed by atoms with van der Waals surface area (Å²) in [6.07, 6.45) is 2.33. The first kappa shape index (κ1) is 12.7. The lowest BCUT2D eigenvalue weighted by atomic mass is 9.96. The van der Waals surface area contributed by atoms with Crippen LogP contribution >= 0.6 is 0 Å². The van der Waals surface area contributed by atoms with Crippen LogP contribution in [0.5, 0.6) is 0 Å². The Kier molecular flexibility index (Phi) is 2.93. The number of furan rings is 1. The summed E-state index contributed by atoms with van der Waals surface area (Å²) in [6.45, 7) is 4.89. The molecule has 1 saturated heterocycles. The zero-order chi connectivity index (χ0) is 13.6. The summed E-state index contributed by atoms with van der Waals surface area (Å²) in [5, 5.41) is 9.60. The third-order valence-corrected chi connectivity index (χ3v) is 4.16. The van der Waals surface area contributed by atoms with E-state index in [0.29, 0.717) is 31.8 Å². The van der Waals surface area contributed by atoms with E-state index in [1.54, 1.807) is 11.8 Å². The molecule has 0 bridgehead atoms. The Labute approximate surface area is 113 Å². The van der Waals surface area contributed by atoms with Crippen LogP contribution in [0.25, 0.3) is 0 Å². The number of nitrogens with zero attached hydrogens (tertiary/aromatic N) is 1. The van der Waals surface area contributed by atoms with Crippen LogP contribution in [0, 0.1) is 5.92 Å². The van der Waals surface area contributed by atoms with E-state index < -0.39 is 5.60 Å². The molecule has 1 aromatic heterocycles. The molecule has 1 aliphatic heterocycles. The predicted molar refractivity (Wildman–Crippen MR) is 70.8 cm³/mol. The SMILES string of the molecule is CC1CC1c1ccc(CCC(=O)N2CC(C)(O)C2)o1. The fraction of sp³-hybridized carbons (Fsp3) is 0.667. The van der Waals surface area contributed by atoms with Gasteiger partial charge in [-0.1, -0.05) is 6.92 Å². The lowest BCUT2D eigenvalue weighted by Gasteiger charge is -2.44. The van der Waals surface area contributed by atoms with Gasteiger partial charge in [0.2, 0.25) is 5.91 Å². The molecule has 2 fully saturated rings. The minimum atomic E-state index is -0.685.